The van der Waals surface area contributed by atoms with Gasteiger partial charge in [0.15, 0.2) is 0 Å². The van der Waals surface area contributed by atoms with Gasteiger partial charge >= 0.3 is 11.9 Å². The molecule has 0 unspecified atom stereocenters. The number of rotatable bonds is 5. The van der Waals surface area contributed by atoms with Crippen LogP contribution < -0.4 is 4.74 Å². The molecule has 0 atom stereocenters. The Kier molecular flexibility index (Phi) is 7.15. The Morgan fingerprint density at radius 3 is 1.53 bits per heavy atom. The maximum Gasteiger partial charge on any atom is 0.338 e. The van der Waals surface area contributed by atoms with Gasteiger partial charge in [0.25, 0.3) is 0 Å². The van der Waals surface area contributed by atoms with E-state index in [1.807, 2.05) is 71.9 Å². The van der Waals surface area contributed by atoms with E-state index in [-0.39, 0.29) is 11.9 Å². The standard InChI is InChI=1S/C29H31O5/c1-28(2,3)33-26(30)21-15-11-19(12-16-21)23-9-8-10-24(32-7)25(23)20-13-17-22(18-14-20)27(31)34-29(4,5)6/h8,10-18H,1-7H3. The highest BCUT2D eigenvalue weighted by atomic mass is 16.6. The summed E-state index contributed by atoms with van der Waals surface area (Å²) in [5, 5.41) is 0. The van der Waals surface area contributed by atoms with Gasteiger partial charge < -0.3 is 14.2 Å². The van der Waals surface area contributed by atoms with Crippen molar-refractivity contribution in [3.8, 4) is 28.0 Å². The molecule has 0 aliphatic carbocycles. The first-order chi connectivity index (χ1) is 15.9. The van der Waals surface area contributed by atoms with Gasteiger partial charge in [0.1, 0.15) is 17.0 Å². The van der Waals surface area contributed by atoms with E-state index in [1.165, 1.54) is 0 Å². The summed E-state index contributed by atoms with van der Waals surface area (Å²) < 4.78 is 16.6. The van der Waals surface area contributed by atoms with E-state index < -0.39 is 11.2 Å². The average molecular weight is 460 g/mol. The molecule has 0 spiro atoms. The van der Waals surface area contributed by atoms with Crippen LogP contribution in [0.1, 0.15) is 62.3 Å². The van der Waals surface area contributed by atoms with Crippen LogP contribution in [0, 0.1) is 6.07 Å². The molecular formula is C29H31O5. The summed E-state index contributed by atoms with van der Waals surface area (Å²) in [5.41, 5.74) is 3.22. The molecule has 0 saturated heterocycles. The Balaban J connectivity index is 1.97. The number of hydrogen-bond acceptors (Lipinski definition) is 5. The molecule has 3 aromatic rings. The van der Waals surface area contributed by atoms with Crippen molar-refractivity contribution in [3.05, 3.63) is 77.9 Å². The van der Waals surface area contributed by atoms with E-state index in [0.29, 0.717) is 16.9 Å². The van der Waals surface area contributed by atoms with Crippen molar-refractivity contribution >= 4 is 11.9 Å². The van der Waals surface area contributed by atoms with Gasteiger partial charge in [-0.15, -0.1) is 0 Å². The minimum Gasteiger partial charge on any atom is -0.496 e. The molecule has 0 amide bonds. The zero-order valence-corrected chi connectivity index (χ0v) is 20.8. The fourth-order valence-electron chi connectivity index (χ4n) is 3.38. The molecule has 0 fully saturated rings. The van der Waals surface area contributed by atoms with Crippen LogP contribution in [0.3, 0.4) is 0 Å². The minimum absolute atomic E-state index is 0.369. The number of hydrogen-bond donors (Lipinski definition) is 0. The molecule has 0 heterocycles. The lowest BCUT2D eigenvalue weighted by Crippen LogP contribution is -2.23. The van der Waals surface area contributed by atoms with Gasteiger partial charge in [-0.05, 0) is 89.1 Å². The Labute approximate surface area is 201 Å². The summed E-state index contributed by atoms with van der Waals surface area (Å²) in [7, 11) is 1.61. The maximum absolute atomic E-state index is 12.4. The Morgan fingerprint density at radius 1 is 0.676 bits per heavy atom. The van der Waals surface area contributed by atoms with Crippen LogP contribution in [-0.4, -0.2) is 30.3 Å². The fourth-order valence-corrected chi connectivity index (χ4v) is 3.38. The first kappa shape index (κ1) is 25.0. The quantitative estimate of drug-likeness (QED) is 0.395. The molecule has 1 radical (unpaired) electrons. The van der Waals surface area contributed by atoms with Crippen molar-refractivity contribution in [2.45, 2.75) is 52.7 Å². The van der Waals surface area contributed by atoms with Crippen LogP contribution in [0.5, 0.6) is 5.75 Å². The van der Waals surface area contributed by atoms with Gasteiger partial charge in [-0.2, -0.15) is 0 Å². The van der Waals surface area contributed by atoms with Gasteiger partial charge in [-0.1, -0.05) is 30.3 Å². The van der Waals surface area contributed by atoms with E-state index in [2.05, 4.69) is 6.07 Å². The molecular weight excluding hydrogens is 428 g/mol. The Bertz CT molecular complexity index is 1160. The molecule has 0 aromatic heterocycles. The van der Waals surface area contributed by atoms with E-state index >= 15 is 0 Å². The lowest BCUT2D eigenvalue weighted by Gasteiger charge is -2.20. The fraction of sp³-hybridized carbons (Fsp3) is 0.310. The van der Waals surface area contributed by atoms with Crippen molar-refractivity contribution in [1.82, 2.24) is 0 Å². The number of carbonyl (C=O) groups excluding carboxylic acids is 2. The van der Waals surface area contributed by atoms with Crippen LogP contribution in [-0.2, 0) is 9.47 Å². The Hall–Kier alpha value is -3.60. The van der Waals surface area contributed by atoms with Crippen LogP contribution >= 0.6 is 0 Å². The molecule has 34 heavy (non-hydrogen) atoms. The molecule has 177 valence electrons. The molecule has 0 bridgehead atoms. The van der Waals surface area contributed by atoms with Crippen LogP contribution in [0.15, 0.2) is 60.7 Å². The second-order valence-corrected chi connectivity index (χ2v) is 9.95. The SMILES string of the molecule is COc1cc[c]c(-c2ccc(C(=O)OC(C)(C)C)cc2)c1-c1ccc(C(=O)OC(C)(C)C)cc1. The predicted octanol–water partition coefficient (Wildman–Crippen LogP) is 6.74. The molecule has 0 aliphatic heterocycles. The highest BCUT2D eigenvalue weighted by Gasteiger charge is 2.20. The van der Waals surface area contributed by atoms with Crippen molar-refractivity contribution < 1.29 is 23.8 Å². The average Bonchev–Trinajstić information content (AvgIpc) is 2.76. The highest BCUT2D eigenvalue weighted by molar-refractivity contribution is 5.93. The second kappa shape index (κ2) is 9.72. The first-order valence-corrected chi connectivity index (χ1v) is 11.1. The summed E-state index contributed by atoms with van der Waals surface area (Å²) in [6, 6.07) is 21.4. The number of esters is 2. The van der Waals surface area contributed by atoms with Gasteiger partial charge in [-0.3, -0.25) is 0 Å². The number of carbonyl (C=O) groups is 2. The zero-order valence-electron chi connectivity index (χ0n) is 20.8. The number of ether oxygens (including phenoxy) is 3. The van der Waals surface area contributed by atoms with Crippen molar-refractivity contribution in [2.75, 3.05) is 7.11 Å². The van der Waals surface area contributed by atoms with Gasteiger partial charge in [0.2, 0.25) is 0 Å². The van der Waals surface area contributed by atoms with E-state index in [0.717, 1.165) is 22.3 Å². The van der Waals surface area contributed by atoms with Crippen LogP contribution in [0.4, 0.5) is 0 Å². The van der Waals surface area contributed by atoms with E-state index in [9.17, 15) is 9.59 Å². The summed E-state index contributed by atoms with van der Waals surface area (Å²) in [6.07, 6.45) is 0. The minimum atomic E-state index is -0.563. The highest BCUT2D eigenvalue weighted by Crippen LogP contribution is 2.39. The molecule has 5 heteroatoms. The molecule has 5 nitrogen and oxygen atoms in total. The van der Waals surface area contributed by atoms with E-state index in [4.69, 9.17) is 14.2 Å². The summed E-state index contributed by atoms with van der Waals surface area (Å²) in [4.78, 5) is 24.8. The third kappa shape index (κ3) is 6.25. The molecule has 3 rings (SSSR count). The molecule has 0 N–H and O–H groups in total. The molecule has 0 aliphatic rings. The number of methoxy groups -OCH3 is 1. The number of benzene rings is 3. The first-order valence-electron chi connectivity index (χ1n) is 11.1. The monoisotopic (exact) mass is 459 g/mol. The lowest BCUT2D eigenvalue weighted by atomic mass is 9.92. The second-order valence-electron chi connectivity index (χ2n) is 9.95. The van der Waals surface area contributed by atoms with Crippen molar-refractivity contribution in [2.24, 2.45) is 0 Å². The summed E-state index contributed by atoms with van der Waals surface area (Å²) >= 11 is 0. The maximum atomic E-state index is 12.4. The van der Waals surface area contributed by atoms with E-state index in [1.54, 1.807) is 37.4 Å². The lowest BCUT2D eigenvalue weighted by molar-refractivity contribution is 0.00570. The van der Waals surface area contributed by atoms with Crippen molar-refractivity contribution in [1.29, 1.82) is 0 Å². The summed E-state index contributed by atoms with van der Waals surface area (Å²) in [5.74, 6) is -0.0646. The van der Waals surface area contributed by atoms with Gasteiger partial charge in [-0.25, -0.2) is 9.59 Å². The van der Waals surface area contributed by atoms with Crippen LogP contribution in [0.2, 0.25) is 0 Å². The summed E-state index contributed by atoms with van der Waals surface area (Å²) in [6.45, 7) is 11.0. The smallest absolute Gasteiger partial charge is 0.338 e. The zero-order chi connectivity index (χ0) is 25.1. The topological polar surface area (TPSA) is 61.8 Å². The molecule has 3 aromatic carbocycles. The van der Waals surface area contributed by atoms with Crippen molar-refractivity contribution in [3.63, 3.8) is 0 Å². The Morgan fingerprint density at radius 2 is 1.12 bits per heavy atom. The third-order valence-corrected chi connectivity index (χ3v) is 4.80. The third-order valence-electron chi connectivity index (χ3n) is 4.80. The largest absolute Gasteiger partial charge is 0.496 e. The normalized spacial score (nSPS) is 11.6. The van der Waals surface area contributed by atoms with Gasteiger partial charge in [0, 0.05) is 11.1 Å². The van der Waals surface area contributed by atoms with Crippen LogP contribution in [0.25, 0.3) is 22.3 Å². The molecule has 0 saturated carbocycles. The predicted molar refractivity (Wildman–Crippen MR) is 133 cm³/mol. The van der Waals surface area contributed by atoms with Gasteiger partial charge in [0.05, 0.1) is 18.2 Å².